The summed E-state index contributed by atoms with van der Waals surface area (Å²) >= 11 is 4.00. The maximum atomic E-state index is 11.5. The van der Waals surface area contributed by atoms with Gasteiger partial charge >= 0.3 is 35.5 Å². The van der Waals surface area contributed by atoms with Crippen molar-refractivity contribution in [3.8, 4) is 0 Å². The fourth-order valence-electron chi connectivity index (χ4n) is 1.61. The van der Waals surface area contributed by atoms with Crippen LogP contribution < -0.4 is 29.6 Å². The number of hydroxylamine groups is 2. The van der Waals surface area contributed by atoms with Crippen molar-refractivity contribution in [2.24, 2.45) is 0 Å². The van der Waals surface area contributed by atoms with Crippen LogP contribution in [0.4, 0.5) is 0 Å². The van der Waals surface area contributed by atoms with E-state index in [4.69, 9.17) is 0 Å². The van der Waals surface area contributed by atoms with Gasteiger partial charge in [0.25, 0.3) is 11.8 Å². The molecule has 0 bridgehead atoms. The molecule has 0 aromatic heterocycles. The van der Waals surface area contributed by atoms with Crippen molar-refractivity contribution in [2.75, 3.05) is 5.75 Å². The van der Waals surface area contributed by atoms with E-state index in [2.05, 4.69) is 17.5 Å². The summed E-state index contributed by atoms with van der Waals surface area (Å²) in [5.74, 6) is -2.46. The molecule has 1 rings (SSSR count). The molecular weight excluding hydrogens is 333 g/mol. The van der Waals surface area contributed by atoms with Crippen molar-refractivity contribution in [2.45, 2.75) is 37.4 Å². The minimum Gasteiger partial charge on any atom is -0.747 e. The van der Waals surface area contributed by atoms with Crippen molar-refractivity contribution in [3.63, 3.8) is 0 Å². The van der Waals surface area contributed by atoms with Gasteiger partial charge in [-0.2, -0.15) is 12.6 Å². The molecule has 11 heteroatoms. The van der Waals surface area contributed by atoms with Crippen LogP contribution in [0.2, 0.25) is 0 Å². The van der Waals surface area contributed by atoms with E-state index in [1.54, 1.807) is 0 Å². The van der Waals surface area contributed by atoms with Gasteiger partial charge < -0.3 is 9.39 Å². The van der Waals surface area contributed by atoms with Crippen LogP contribution in [0.1, 0.15) is 32.1 Å². The number of carbonyl (C=O) groups excluding carboxylic acids is 3. The van der Waals surface area contributed by atoms with Gasteiger partial charge in [0.1, 0.15) is 15.4 Å². The van der Waals surface area contributed by atoms with Crippen LogP contribution in [0.15, 0.2) is 0 Å². The van der Waals surface area contributed by atoms with Crippen LogP contribution in [0.3, 0.4) is 0 Å². The molecule has 2 amide bonds. The van der Waals surface area contributed by atoms with E-state index in [1.807, 2.05) is 0 Å². The molecule has 1 atom stereocenters. The molecule has 0 aromatic rings. The van der Waals surface area contributed by atoms with E-state index < -0.39 is 39.6 Å². The zero-order valence-corrected chi connectivity index (χ0v) is 15.2. The first kappa shape index (κ1) is 20.9. The smallest absolute Gasteiger partial charge is 0.747 e. The summed E-state index contributed by atoms with van der Waals surface area (Å²) in [5.41, 5.74) is 0. The number of carbonyl (C=O) groups is 3. The Bertz CT molecular complexity index is 508. The third-order valence-corrected chi connectivity index (χ3v) is 4.02. The summed E-state index contributed by atoms with van der Waals surface area (Å²) in [6.45, 7) is 0. The zero-order valence-electron chi connectivity index (χ0n) is 11.5. The van der Waals surface area contributed by atoms with Gasteiger partial charge in [-0.3, -0.25) is 9.59 Å². The molecule has 1 fully saturated rings. The average molecular weight is 347 g/mol. The SMILES string of the molecule is O=C(CCCCCS)ON1C(=O)CC(S(=O)(=O)[O-])C1=O.[Na+]. The average Bonchev–Trinajstić information content (AvgIpc) is 2.62. The quantitative estimate of drug-likeness (QED) is 0.168. The van der Waals surface area contributed by atoms with Crippen molar-refractivity contribution in [1.29, 1.82) is 0 Å². The number of rotatable bonds is 7. The predicted octanol–water partition coefficient (Wildman–Crippen LogP) is -3.39. The van der Waals surface area contributed by atoms with Gasteiger partial charge in [0, 0.05) is 6.42 Å². The molecule has 1 aliphatic heterocycles. The van der Waals surface area contributed by atoms with Crippen molar-refractivity contribution >= 4 is 40.5 Å². The second-order valence-corrected chi connectivity index (χ2v) is 6.21. The maximum absolute atomic E-state index is 11.5. The van der Waals surface area contributed by atoms with Crippen LogP contribution in [0.5, 0.6) is 0 Å². The molecular formula is C10H14NNaO7S2. The molecule has 0 spiro atoms. The molecule has 8 nitrogen and oxygen atoms in total. The van der Waals surface area contributed by atoms with Gasteiger partial charge in [0.05, 0.1) is 6.42 Å². The summed E-state index contributed by atoms with van der Waals surface area (Å²) in [7, 11) is -4.94. The number of amides is 2. The van der Waals surface area contributed by atoms with Gasteiger partial charge in [0.15, 0.2) is 0 Å². The normalized spacial score (nSPS) is 18.6. The summed E-state index contributed by atoms with van der Waals surface area (Å²) < 4.78 is 32.3. The fourth-order valence-corrected chi connectivity index (χ4v) is 2.52. The van der Waals surface area contributed by atoms with Crippen LogP contribution in [-0.4, -0.2) is 46.8 Å². The minimum absolute atomic E-state index is 0. The second-order valence-electron chi connectivity index (χ2n) is 4.21. The molecule has 1 heterocycles. The molecule has 1 saturated heterocycles. The van der Waals surface area contributed by atoms with Gasteiger partial charge in [-0.1, -0.05) is 6.42 Å². The monoisotopic (exact) mass is 347 g/mol. The van der Waals surface area contributed by atoms with Gasteiger partial charge in [-0.15, -0.1) is 5.06 Å². The maximum Gasteiger partial charge on any atom is 1.00 e. The Hall–Kier alpha value is -0.130. The van der Waals surface area contributed by atoms with Crippen LogP contribution in [0.25, 0.3) is 0 Å². The molecule has 1 unspecified atom stereocenters. The van der Waals surface area contributed by atoms with Crippen LogP contribution >= 0.6 is 12.6 Å². The number of nitrogens with zero attached hydrogens (tertiary/aromatic N) is 1. The van der Waals surface area contributed by atoms with E-state index in [1.165, 1.54) is 0 Å². The van der Waals surface area contributed by atoms with E-state index in [9.17, 15) is 27.4 Å². The summed E-state index contributed by atoms with van der Waals surface area (Å²) in [5, 5.41) is -1.94. The fraction of sp³-hybridized carbons (Fsp3) is 0.700. The van der Waals surface area contributed by atoms with E-state index in [-0.39, 0.29) is 41.0 Å². The second kappa shape index (κ2) is 9.11. The Morgan fingerprint density at radius 2 is 1.95 bits per heavy atom. The largest absolute Gasteiger partial charge is 1.00 e. The Balaban J connectivity index is 0.00000400. The minimum atomic E-state index is -4.94. The Morgan fingerprint density at radius 3 is 2.43 bits per heavy atom. The first-order valence-electron chi connectivity index (χ1n) is 5.90. The number of hydrogen-bond donors (Lipinski definition) is 1. The first-order chi connectivity index (χ1) is 9.27. The molecule has 1 aliphatic rings. The molecule has 0 saturated carbocycles. The zero-order chi connectivity index (χ0) is 15.3. The third kappa shape index (κ3) is 6.25. The first-order valence-corrected chi connectivity index (χ1v) is 8.01. The van der Waals surface area contributed by atoms with E-state index in [0.29, 0.717) is 12.2 Å². The van der Waals surface area contributed by atoms with E-state index >= 15 is 0 Å². The number of imide groups is 1. The van der Waals surface area contributed by atoms with Gasteiger partial charge in [-0.05, 0) is 18.6 Å². The molecule has 0 aromatic carbocycles. The number of unbranched alkanes of at least 4 members (excludes halogenated alkanes) is 2. The molecule has 0 aliphatic carbocycles. The van der Waals surface area contributed by atoms with Gasteiger partial charge in [-0.25, -0.2) is 13.2 Å². The molecule has 0 radical (unpaired) electrons. The van der Waals surface area contributed by atoms with Crippen LogP contribution in [0, 0.1) is 0 Å². The van der Waals surface area contributed by atoms with Crippen molar-refractivity contribution < 1.29 is 61.7 Å². The molecule has 21 heavy (non-hydrogen) atoms. The van der Waals surface area contributed by atoms with Crippen molar-refractivity contribution in [3.05, 3.63) is 0 Å². The van der Waals surface area contributed by atoms with E-state index in [0.717, 1.165) is 12.8 Å². The topological polar surface area (TPSA) is 121 Å². The Morgan fingerprint density at radius 1 is 1.33 bits per heavy atom. The Kier molecular flexibility index (Phi) is 9.05. The predicted molar refractivity (Wildman–Crippen MR) is 68.4 cm³/mol. The van der Waals surface area contributed by atoms with Crippen molar-refractivity contribution in [1.82, 2.24) is 5.06 Å². The number of hydrogen-bond acceptors (Lipinski definition) is 8. The molecule has 0 N–H and O–H groups in total. The van der Waals surface area contributed by atoms with Gasteiger partial charge in [0.2, 0.25) is 0 Å². The Labute approximate surface area is 150 Å². The summed E-state index contributed by atoms with van der Waals surface area (Å²) in [6.07, 6.45) is 1.24. The van der Waals surface area contributed by atoms with Crippen LogP contribution in [-0.2, 0) is 29.3 Å². The third-order valence-electron chi connectivity index (χ3n) is 2.64. The summed E-state index contributed by atoms with van der Waals surface area (Å²) in [4.78, 5) is 38.8. The molecule has 114 valence electrons. The summed E-state index contributed by atoms with van der Waals surface area (Å²) in [6, 6.07) is 0. The number of thiol groups is 1. The standard InChI is InChI=1S/C10H15NO7S2.Na/c12-8-6-7(20(15,16)17)10(14)11(8)18-9(13)4-2-1-3-5-19;/h7,19H,1-6H2,(H,15,16,17);/q;+1/p-1.